The second-order valence-electron chi connectivity index (χ2n) is 11.4. The van der Waals surface area contributed by atoms with E-state index in [1.807, 2.05) is 18.4 Å². The molecule has 0 aromatic heterocycles. The van der Waals surface area contributed by atoms with Crippen LogP contribution in [0.25, 0.3) is 0 Å². The maximum Gasteiger partial charge on any atom is 0.249 e. The van der Waals surface area contributed by atoms with Gasteiger partial charge in [0, 0.05) is 50.0 Å². The molecule has 1 aromatic rings. The molecule has 3 aliphatic heterocycles. The van der Waals surface area contributed by atoms with Gasteiger partial charge in [-0.3, -0.25) is 19.3 Å². The van der Waals surface area contributed by atoms with Crippen molar-refractivity contribution in [1.82, 2.24) is 9.80 Å². The molecule has 5 aliphatic rings. The van der Waals surface area contributed by atoms with Gasteiger partial charge in [0.2, 0.25) is 11.8 Å². The highest BCUT2D eigenvalue weighted by Gasteiger charge is 2.53. The van der Waals surface area contributed by atoms with Crippen molar-refractivity contribution in [2.24, 2.45) is 11.7 Å². The summed E-state index contributed by atoms with van der Waals surface area (Å²) in [6.07, 6.45) is 8.41. The molecule has 8 nitrogen and oxygen atoms in total. The first-order valence-corrected chi connectivity index (χ1v) is 15.2. The largest absolute Gasteiger partial charge is 0.369 e. The summed E-state index contributed by atoms with van der Waals surface area (Å²) in [5.74, 6) is -0.908. The lowest BCUT2D eigenvalue weighted by Crippen LogP contribution is -2.47. The van der Waals surface area contributed by atoms with E-state index in [9.17, 15) is 14.4 Å². The number of benzene rings is 1. The van der Waals surface area contributed by atoms with E-state index in [1.165, 1.54) is 12.8 Å². The van der Waals surface area contributed by atoms with Gasteiger partial charge >= 0.3 is 0 Å². The molecule has 37 heavy (non-hydrogen) atoms. The van der Waals surface area contributed by atoms with Gasteiger partial charge in [-0.2, -0.15) is 11.8 Å². The van der Waals surface area contributed by atoms with Crippen molar-refractivity contribution in [2.75, 3.05) is 50.5 Å². The average Bonchev–Trinajstić information content (AvgIpc) is 3.30. The summed E-state index contributed by atoms with van der Waals surface area (Å²) in [6.45, 7) is 4.52. The molecule has 0 radical (unpaired) electrons. The summed E-state index contributed by atoms with van der Waals surface area (Å²) < 4.78 is 5.83. The summed E-state index contributed by atoms with van der Waals surface area (Å²) in [6, 6.07) is 6.09. The number of rotatable bonds is 7. The Morgan fingerprint density at radius 3 is 2.46 bits per heavy atom. The molecule has 0 bridgehead atoms. The number of nitrogens with two attached hydrogens (primary N) is 1. The highest BCUT2D eigenvalue weighted by atomic mass is 32.2. The average molecular weight is 527 g/mol. The van der Waals surface area contributed by atoms with E-state index in [4.69, 9.17) is 10.5 Å². The van der Waals surface area contributed by atoms with Crippen molar-refractivity contribution in [3.05, 3.63) is 29.3 Å². The fourth-order valence-corrected chi connectivity index (χ4v) is 7.92. The minimum absolute atomic E-state index is 0.0162. The number of fused-ring (bicyclic) bond motifs is 1. The summed E-state index contributed by atoms with van der Waals surface area (Å²) in [7, 11) is 0. The molecule has 2 saturated carbocycles. The van der Waals surface area contributed by atoms with Crippen molar-refractivity contribution < 1.29 is 19.1 Å². The topological polar surface area (TPSA) is 96.2 Å². The van der Waals surface area contributed by atoms with Crippen LogP contribution in [0, 0.1) is 5.92 Å². The fourth-order valence-electron chi connectivity index (χ4n) is 7.12. The number of carbonyl (C=O) groups is 3. The van der Waals surface area contributed by atoms with Gasteiger partial charge in [-0.15, -0.1) is 0 Å². The number of anilines is 1. The zero-order valence-electron chi connectivity index (χ0n) is 21.6. The van der Waals surface area contributed by atoms with E-state index < -0.39 is 17.9 Å². The molecule has 4 atom stereocenters. The molecule has 1 aromatic carbocycles. The monoisotopic (exact) mass is 526 g/mol. The molecule has 0 spiro atoms. The zero-order chi connectivity index (χ0) is 25.7. The standard InChI is InChI=1S/C28H38N4O4S/c1-37-23-15-32(25-22(33)16-36-26(23)25)28(35)24(17-4-2-3-5-17)21-14-19(8-9-20(21)27(29)34)31-12-10-30(11-13-31)18-6-7-18/h8-9,14,17-18,23-26H,2-7,10-13,15-16H2,1H3,(H2,29,34)/t23-,24-,25+,26+/m0/s1. The minimum Gasteiger partial charge on any atom is -0.369 e. The second kappa shape index (κ2) is 10.2. The number of hydrogen-bond acceptors (Lipinski definition) is 7. The van der Waals surface area contributed by atoms with Crippen molar-refractivity contribution in [3.63, 3.8) is 0 Å². The Morgan fingerprint density at radius 2 is 1.81 bits per heavy atom. The number of amides is 2. The lowest BCUT2D eigenvalue weighted by atomic mass is 9.80. The molecular weight excluding hydrogens is 488 g/mol. The molecule has 3 saturated heterocycles. The molecule has 6 rings (SSSR count). The van der Waals surface area contributed by atoms with E-state index >= 15 is 0 Å². The Kier molecular flexibility index (Phi) is 6.96. The van der Waals surface area contributed by atoms with Crippen LogP contribution in [-0.4, -0.2) is 96.4 Å². The lowest BCUT2D eigenvalue weighted by Gasteiger charge is -2.37. The summed E-state index contributed by atoms with van der Waals surface area (Å²) in [5, 5.41) is 0.0781. The van der Waals surface area contributed by atoms with Crippen LogP contribution in [-0.2, 0) is 14.3 Å². The van der Waals surface area contributed by atoms with Crippen molar-refractivity contribution in [3.8, 4) is 0 Å². The zero-order valence-corrected chi connectivity index (χ0v) is 22.5. The number of hydrogen-bond donors (Lipinski definition) is 1. The summed E-state index contributed by atoms with van der Waals surface area (Å²) in [4.78, 5) is 46.6. The van der Waals surface area contributed by atoms with Crippen molar-refractivity contribution >= 4 is 35.0 Å². The molecule has 0 unspecified atom stereocenters. The van der Waals surface area contributed by atoms with Crippen LogP contribution in [0.1, 0.15) is 60.4 Å². The number of carbonyl (C=O) groups excluding carboxylic acids is 3. The Labute approximate surface area is 223 Å². The molecule has 3 heterocycles. The van der Waals surface area contributed by atoms with Crippen LogP contribution < -0.4 is 10.6 Å². The van der Waals surface area contributed by atoms with Crippen LogP contribution in [0.2, 0.25) is 0 Å². The number of ether oxygens (including phenoxy) is 1. The van der Waals surface area contributed by atoms with Crippen LogP contribution in [0.4, 0.5) is 5.69 Å². The van der Waals surface area contributed by atoms with Gasteiger partial charge in [0.15, 0.2) is 5.78 Å². The van der Waals surface area contributed by atoms with Crippen LogP contribution >= 0.6 is 11.8 Å². The Bertz CT molecular complexity index is 1060. The van der Waals surface area contributed by atoms with Crippen LogP contribution in [0.3, 0.4) is 0 Å². The number of primary amides is 1. The minimum atomic E-state index is -0.524. The normalized spacial score (nSPS) is 29.6. The maximum atomic E-state index is 14.4. The van der Waals surface area contributed by atoms with Gasteiger partial charge < -0.3 is 20.3 Å². The Morgan fingerprint density at radius 1 is 1.08 bits per heavy atom. The first kappa shape index (κ1) is 25.2. The smallest absolute Gasteiger partial charge is 0.249 e. The quantitative estimate of drug-likeness (QED) is 0.582. The molecule has 200 valence electrons. The van der Waals surface area contributed by atoms with Crippen molar-refractivity contribution in [2.45, 2.75) is 67.9 Å². The first-order valence-electron chi connectivity index (χ1n) is 13.9. The number of piperazine rings is 1. The third-order valence-corrected chi connectivity index (χ3v) is 10.3. The number of nitrogens with zero attached hydrogens (tertiary/aromatic N) is 3. The second-order valence-corrected chi connectivity index (χ2v) is 12.4. The maximum absolute atomic E-state index is 14.4. The van der Waals surface area contributed by atoms with E-state index in [0.717, 1.165) is 69.2 Å². The molecule has 2 aliphatic carbocycles. The van der Waals surface area contributed by atoms with Gasteiger partial charge in [0.25, 0.3) is 0 Å². The van der Waals surface area contributed by atoms with E-state index in [-0.39, 0.29) is 35.6 Å². The Balaban J connectivity index is 1.34. The number of likely N-dealkylation sites (tertiary alicyclic amines) is 1. The third kappa shape index (κ3) is 4.68. The highest BCUT2D eigenvalue weighted by molar-refractivity contribution is 7.99. The molecule has 2 N–H and O–H groups in total. The molecular formula is C28H38N4O4S. The number of Topliss-reactive ketones (excluding diaryl/α,β-unsaturated/α-hetero) is 1. The third-order valence-electron chi connectivity index (χ3n) is 9.24. The number of thioether (sulfide) groups is 1. The van der Waals surface area contributed by atoms with E-state index in [2.05, 4.69) is 15.9 Å². The van der Waals surface area contributed by atoms with Gasteiger partial charge in [-0.05, 0) is 61.6 Å². The predicted molar refractivity (Wildman–Crippen MR) is 144 cm³/mol. The predicted octanol–water partition coefficient (Wildman–Crippen LogP) is 2.25. The summed E-state index contributed by atoms with van der Waals surface area (Å²) >= 11 is 1.65. The van der Waals surface area contributed by atoms with Gasteiger partial charge in [-0.25, -0.2) is 0 Å². The molecule has 9 heteroatoms. The molecule has 5 fully saturated rings. The highest BCUT2D eigenvalue weighted by Crippen LogP contribution is 2.43. The van der Waals surface area contributed by atoms with Crippen molar-refractivity contribution in [1.29, 1.82) is 0 Å². The van der Waals surface area contributed by atoms with Gasteiger partial charge in [-0.1, -0.05) is 12.8 Å². The Hall–Kier alpha value is -2.10. The van der Waals surface area contributed by atoms with Crippen LogP contribution in [0.5, 0.6) is 0 Å². The summed E-state index contributed by atoms with van der Waals surface area (Å²) in [5.41, 5.74) is 8.10. The first-order chi connectivity index (χ1) is 18.0. The molecule has 2 amide bonds. The number of ketones is 1. The van der Waals surface area contributed by atoms with E-state index in [1.54, 1.807) is 16.7 Å². The van der Waals surface area contributed by atoms with E-state index in [0.29, 0.717) is 12.1 Å². The fraction of sp³-hybridized carbons (Fsp3) is 0.679. The van der Waals surface area contributed by atoms with Crippen LogP contribution in [0.15, 0.2) is 18.2 Å². The lowest BCUT2D eigenvalue weighted by molar-refractivity contribution is -0.138. The van der Waals surface area contributed by atoms with Gasteiger partial charge in [0.1, 0.15) is 12.6 Å². The van der Waals surface area contributed by atoms with Gasteiger partial charge in [0.05, 0.1) is 17.3 Å². The SMILES string of the molecule is CS[C@H]1CN(C(=O)[C@H](c2cc(N3CCN(C4CC4)CC3)ccc2C(N)=O)C2CCCC2)[C@@H]2C(=O)CO[C@H]12.